The number of nitrogens with one attached hydrogen (secondary N) is 1. The highest BCUT2D eigenvalue weighted by molar-refractivity contribution is 7.89. The second kappa shape index (κ2) is 7.45. The normalized spacial score (nSPS) is 13.1. The molecule has 1 aliphatic rings. The number of nitrogens with zero attached hydrogens (tertiary/aromatic N) is 2. The molecule has 2 aromatic carbocycles. The third-order valence-electron chi connectivity index (χ3n) is 5.95. The van der Waals surface area contributed by atoms with Gasteiger partial charge in [0.1, 0.15) is 5.52 Å². The molecule has 4 aromatic rings. The molecule has 0 spiro atoms. The molecule has 8 heteroatoms. The fourth-order valence-corrected chi connectivity index (χ4v) is 5.37. The van der Waals surface area contributed by atoms with Gasteiger partial charge in [-0.2, -0.15) is 0 Å². The molecule has 7 nitrogen and oxygen atoms in total. The quantitative estimate of drug-likeness (QED) is 0.505. The van der Waals surface area contributed by atoms with Crippen molar-refractivity contribution in [1.29, 1.82) is 0 Å². The number of sulfone groups is 1. The molecular weight excluding hydrogens is 438 g/mol. The number of anilines is 1. The molecule has 0 saturated heterocycles. The molecule has 0 saturated carbocycles. The predicted molar refractivity (Wildman–Crippen MR) is 128 cm³/mol. The highest BCUT2D eigenvalue weighted by Crippen LogP contribution is 2.38. The topological polar surface area (TPSA) is 91.7 Å². The van der Waals surface area contributed by atoms with Crippen molar-refractivity contribution in [3.05, 3.63) is 93.0 Å². The largest absolute Gasteiger partial charge is 0.325 e. The van der Waals surface area contributed by atoms with E-state index in [9.17, 15) is 18.0 Å². The van der Waals surface area contributed by atoms with E-state index >= 15 is 0 Å². The number of hydrogen-bond acceptors (Lipinski definition) is 4. The van der Waals surface area contributed by atoms with Crippen LogP contribution in [0.4, 0.5) is 5.69 Å². The first-order chi connectivity index (χ1) is 15.6. The molecule has 3 heterocycles. The number of amides is 1. The Morgan fingerprint density at radius 1 is 1.09 bits per heavy atom. The van der Waals surface area contributed by atoms with E-state index < -0.39 is 9.84 Å². The average molecular weight is 462 g/mol. The number of carbonyl (C=O) groups is 1. The Bertz CT molecular complexity index is 1610. The number of H-pyrrole nitrogens is 1. The summed E-state index contributed by atoms with van der Waals surface area (Å²) in [5.74, 6) is -0.278. The molecule has 5 rings (SSSR count). The van der Waals surface area contributed by atoms with E-state index in [4.69, 9.17) is 0 Å². The molecule has 0 bridgehead atoms. The third kappa shape index (κ3) is 3.66. The van der Waals surface area contributed by atoms with Gasteiger partial charge in [-0.1, -0.05) is 23.8 Å². The summed E-state index contributed by atoms with van der Waals surface area (Å²) < 4.78 is 25.8. The minimum Gasteiger partial charge on any atom is -0.325 e. The second-order valence-electron chi connectivity index (χ2n) is 8.69. The molecule has 0 radical (unpaired) electrons. The van der Waals surface area contributed by atoms with Crippen LogP contribution in [0, 0.1) is 13.8 Å². The number of benzene rings is 2. The summed E-state index contributed by atoms with van der Waals surface area (Å²) in [7, 11) is -3.25. The summed E-state index contributed by atoms with van der Waals surface area (Å²) in [6.45, 7) is 4.05. The number of aryl methyl sites for hydroxylation is 2. The van der Waals surface area contributed by atoms with Crippen LogP contribution in [0.3, 0.4) is 0 Å². The van der Waals surface area contributed by atoms with E-state index in [2.05, 4.69) is 4.98 Å². The first-order valence-electron chi connectivity index (χ1n) is 10.5. The van der Waals surface area contributed by atoms with Gasteiger partial charge < -0.3 is 14.3 Å². The van der Waals surface area contributed by atoms with Crippen LogP contribution in [-0.2, 0) is 22.1 Å². The first kappa shape index (κ1) is 21.2. The van der Waals surface area contributed by atoms with Gasteiger partial charge in [0.05, 0.1) is 29.4 Å². The van der Waals surface area contributed by atoms with Gasteiger partial charge in [0.2, 0.25) is 0 Å². The van der Waals surface area contributed by atoms with Crippen LogP contribution in [0.25, 0.3) is 16.8 Å². The van der Waals surface area contributed by atoms with Crippen molar-refractivity contribution in [2.24, 2.45) is 0 Å². The van der Waals surface area contributed by atoms with Crippen molar-refractivity contribution in [3.63, 3.8) is 0 Å². The van der Waals surface area contributed by atoms with Crippen molar-refractivity contribution in [3.8, 4) is 11.3 Å². The van der Waals surface area contributed by atoms with Crippen molar-refractivity contribution < 1.29 is 13.2 Å². The summed E-state index contributed by atoms with van der Waals surface area (Å²) in [6.07, 6.45) is 2.83. The zero-order valence-corrected chi connectivity index (χ0v) is 19.4. The van der Waals surface area contributed by atoms with Gasteiger partial charge in [-0.3, -0.25) is 9.59 Å². The van der Waals surface area contributed by atoms with Crippen LogP contribution >= 0.6 is 0 Å². The molecular formula is C25H23N3O4S. The molecule has 0 fully saturated rings. The first-order valence-corrected chi connectivity index (χ1v) is 12.6. The highest BCUT2D eigenvalue weighted by Gasteiger charge is 2.28. The third-order valence-corrected chi connectivity index (χ3v) is 6.81. The van der Waals surface area contributed by atoms with Crippen LogP contribution < -0.4 is 10.5 Å². The maximum absolute atomic E-state index is 13.7. The Morgan fingerprint density at radius 3 is 2.61 bits per heavy atom. The van der Waals surface area contributed by atoms with Crippen LogP contribution in [0.5, 0.6) is 0 Å². The average Bonchev–Trinajstić information content (AvgIpc) is 3.04. The van der Waals surface area contributed by atoms with Gasteiger partial charge in [0, 0.05) is 23.6 Å². The predicted octanol–water partition coefficient (Wildman–Crippen LogP) is 3.62. The number of rotatable bonds is 3. The Kier molecular flexibility index (Phi) is 4.79. The minimum atomic E-state index is -3.25. The molecule has 0 aliphatic carbocycles. The zero-order chi connectivity index (χ0) is 23.5. The fourth-order valence-electron chi connectivity index (χ4n) is 4.59. The van der Waals surface area contributed by atoms with Crippen molar-refractivity contribution in [1.82, 2.24) is 9.38 Å². The molecule has 0 atom stereocenters. The highest BCUT2D eigenvalue weighted by atomic mass is 32.2. The molecule has 168 valence electrons. The van der Waals surface area contributed by atoms with Crippen LogP contribution in [-0.4, -0.2) is 30.0 Å². The molecule has 33 heavy (non-hydrogen) atoms. The lowest BCUT2D eigenvalue weighted by atomic mass is 10.0. The smallest absolute Gasteiger partial charge is 0.272 e. The second-order valence-corrected chi connectivity index (χ2v) is 10.8. The lowest BCUT2D eigenvalue weighted by molar-refractivity contribution is 0.0985. The van der Waals surface area contributed by atoms with E-state index in [0.29, 0.717) is 27.9 Å². The number of aromatic amines is 1. The fraction of sp³-hybridized carbons (Fsp3) is 0.200. The minimum absolute atomic E-state index is 0.109. The number of fused-ring (bicyclic) bond motifs is 2. The van der Waals surface area contributed by atoms with Crippen molar-refractivity contribution in [2.75, 3.05) is 11.2 Å². The van der Waals surface area contributed by atoms with E-state index in [1.807, 2.05) is 48.6 Å². The van der Waals surface area contributed by atoms with Gasteiger partial charge in [-0.25, -0.2) is 8.42 Å². The number of hydrogen-bond donors (Lipinski definition) is 1. The molecule has 1 N–H and O–H groups in total. The standard InChI is InChI=1S/C25H23N3O4S/c1-15-5-4-6-18(9-15)25(30)27-13-19-12-26-24(29)23-16(2)10-22(28(19)23)20-11-17(7-8-21(20)27)14-33(3,31)32/h4-12H,13-14H2,1-3H3,(H,26,29). The summed E-state index contributed by atoms with van der Waals surface area (Å²) in [5.41, 5.74) is 6.18. The SMILES string of the molecule is Cc1cccc(C(=O)N2Cc3c[nH]c(=O)c4c(C)cc(n34)-c3cc(CS(C)(=O)=O)ccc32)c1. The Hall–Kier alpha value is -3.65. The Morgan fingerprint density at radius 2 is 1.88 bits per heavy atom. The zero-order valence-electron chi connectivity index (χ0n) is 18.5. The van der Waals surface area contributed by atoms with Gasteiger partial charge in [-0.15, -0.1) is 0 Å². The summed E-state index contributed by atoms with van der Waals surface area (Å²) in [6, 6.07) is 14.7. The van der Waals surface area contributed by atoms with E-state index in [0.717, 1.165) is 22.5 Å². The summed E-state index contributed by atoms with van der Waals surface area (Å²) >= 11 is 0. The monoisotopic (exact) mass is 461 g/mol. The lowest BCUT2D eigenvalue weighted by Crippen LogP contribution is -2.31. The Balaban J connectivity index is 1.78. The molecule has 1 aliphatic heterocycles. The molecule has 1 amide bonds. The van der Waals surface area contributed by atoms with E-state index in [1.54, 1.807) is 29.3 Å². The Labute approximate surface area is 191 Å². The summed E-state index contributed by atoms with van der Waals surface area (Å²) in [5, 5.41) is 0. The number of aromatic nitrogens is 2. The van der Waals surface area contributed by atoms with Crippen LogP contribution in [0.1, 0.15) is 32.7 Å². The van der Waals surface area contributed by atoms with Gasteiger partial charge >= 0.3 is 0 Å². The molecule has 2 aromatic heterocycles. The number of carbonyl (C=O) groups excluding carboxylic acids is 1. The van der Waals surface area contributed by atoms with Crippen LogP contribution in [0.15, 0.2) is 59.5 Å². The lowest BCUT2D eigenvalue weighted by Gasteiger charge is -2.24. The maximum Gasteiger partial charge on any atom is 0.272 e. The van der Waals surface area contributed by atoms with E-state index in [1.165, 1.54) is 6.26 Å². The maximum atomic E-state index is 13.7. The van der Waals surface area contributed by atoms with Gasteiger partial charge in [0.25, 0.3) is 11.5 Å². The van der Waals surface area contributed by atoms with Gasteiger partial charge in [0.15, 0.2) is 9.84 Å². The van der Waals surface area contributed by atoms with Crippen molar-refractivity contribution >= 4 is 26.9 Å². The van der Waals surface area contributed by atoms with Gasteiger partial charge in [-0.05, 0) is 55.3 Å². The molecule has 0 unspecified atom stereocenters. The summed E-state index contributed by atoms with van der Waals surface area (Å²) in [4.78, 5) is 30.8. The van der Waals surface area contributed by atoms with Crippen LogP contribution in [0.2, 0.25) is 0 Å². The van der Waals surface area contributed by atoms with Crippen molar-refractivity contribution in [2.45, 2.75) is 26.1 Å². The van der Waals surface area contributed by atoms with E-state index in [-0.39, 0.29) is 23.8 Å².